The Kier molecular flexibility index (Phi) is 3.79. The summed E-state index contributed by atoms with van der Waals surface area (Å²) in [5, 5.41) is 3.79. The molecule has 1 N–H and O–H groups in total. The maximum atomic E-state index is 11.8. The number of benzene rings is 2. The van der Waals surface area contributed by atoms with Gasteiger partial charge >= 0.3 is 0 Å². The van der Waals surface area contributed by atoms with E-state index in [9.17, 15) is 4.79 Å². The lowest BCUT2D eigenvalue weighted by molar-refractivity contribution is 1.27. The maximum absolute atomic E-state index is 11.8. The molecule has 0 saturated heterocycles. The van der Waals surface area contributed by atoms with Gasteiger partial charge in [-0.1, -0.05) is 59.4 Å². The largest absolute Gasteiger partial charge is 0.331 e. The van der Waals surface area contributed by atoms with Crippen LogP contribution in [0, 0.1) is 6.92 Å². The van der Waals surface area contributed by atoms with Crippen molar-refractivity contribution >= 4 is 22.2 Å². The first-order valence-electron chi connectivity index (χ1n) is 6.62. The second-order valence-electron chi connectivity index (χ2n) is 4.72. The van der Waals surface area contributed by atoms with Crippen LogP contribution in [0.2, 0.25) is 0 Å². The van der Waals surface area contributed by atoms with E-state index in [1.807, 2.05) is 61.5 Å². The summed E-state index contributed by atoms with van der Waals surface area (Å²) in [6.07, 6.45) is 0. The third kappa shape index (κ3) is 3.35. The topological polar surface area (TPSA) is 42.0 Å². The minimum Gasteiger partial charge on any atom is -0.331 e. The van der Waals surface area contributed by atoms with E-state index in [1.54, 1.807) is 6.07 Å². The van der Waals surface area contributed by atoms with Gasteiger partial charge in [-0.25, -0.2) is 0 Å². The molecule has 21 heavy (non-hydrogen) atoms. The van der Waals surface area contributed by atoms with Crippen LogP contribution in [-0.2, 0) is 0 Å². The molecule has 1 aromatic heterocycles. The van der Waals surface area contributed by atoms with Crippen molar-refractivity contribution in [3.05, 3.63) is 76.6 Å². The predicted octanol–water partition coefficient (Wildman–Crippen LogP) is 4.22. The summed E-state index contributed by atoms with van der Waals surface area (Å²) < 4.78 is 0. The number of nitrogens with zero attached hydrogens (tertiary/aromatic N) is 1. The van der Waals surface area contributed by atoms with Gasteiger partial charge in [0.15, 0.2) is 5.13 Å². The van der Waals surface area contributed by atoms with Gasteiger partial charge in [-0.3, -0.25) is 4.79 Å². The third-order valence-corrected chi connectivity index (χ3v) is 3.99. The van der Waals surface area contributed by atoms with Gasteiger partial charge in [0, 0.05) is 16.6 Å². The summed E-state index contributed by atoms with van der Waals surface area (Å²) in [4.78, 5) is 16.7. The number of hydrogen-bond donors (Lipinski definition) is 1. The third-order valence-electron chi connectivity index (χ3n) is 3.03. The van der Waals surface area contributed by atoms with Crippen LogP contribution in [0.25, 0.3) is 10.4 Å². The lowest BCUT2D eigenvalue weighted by Gasteiger charge is -2.06. The molecule has 0 saturated carbocycles. The first-order chi connectivity index (χ1) is 10.2. The summed E-state index contributed by atoms with van der Waals surface area (Å²) in [7, 11) is 0. The van der Waals surface area contributed by atoms with Crippen LogP contribution in [0.5, 0.6) is 0 Å². The average Bonchev–Trinajstić information content (AvgIpc) is 2.50. The van der Waals surface area contributed by atoms with Crippen LogP contribution in [-0.4, -0.2) is 4.98 Å². The molecule has 4 heteroatoms. The van der Waals surface area contributed by atoms with E-state index in [4.69, 9.17) is 0 Å². The van der Waals surface area contributed by atoms with Crippen LogP contribution < -0.4 is 10.9 Å². The van der Waals surface area contributed by atoms with E-state index >= 15 is 0 Å². The second kappa shape index (κ2) is 5.89. The molecule has 3 aromatic rings. The Morgan fingerprint density at radius 3 is 2.43 bits per heavy atom. The van der Waals surface area contributed by atoms with Crippen molar-refractivity contribution in [3.8, 4) is 10.4 Å². The Balaban J connectivity index is 1.95. The van der Waals surface area contributed by atoms with Gasteiger partial charge < -0.3 is 5.32 Å². The van der Waals surface area contributed by atoms with Gasteiger partial charge in [-0.2, -0.15) is 4.98 Å². The van der Waals surface area contributed by atoms with Gasteiger partial charge in [0.25, 0.3) is 5.56 Å². The normalized spacial score (nSPS) is 10.3. The van der Waals surface area contributed by atoms with Crippen LogP contribution in [0.15, 0.2) is 65.5 Å². The highest BCUT2D eigenvalue weighted by atomic mass is 32.1. The Morgan fingerprint density at radius 1 is 1.00 bits per heavy atom. The molecule has 0 unspecified atom stereocenters. The first kappa shape index (κ1) is 13.5. The van der Waals surface area contributed by atoms with Crippen molar-refractivity contribution in [1.82, 2.24) is 4.98 Å². The molecule has 0 amide bonds. The Morgan fingerprint density at radius 2 is 1.71 bits per heavy atom. The van der Waals surface area contributed by atoms with E-state index < -0.39 is 0 Å². The smallest absolute Gasteiger partial charge is 0.273 e. The minimum atomic E-state index is -0.234. The van der Waals surface area contributed by atoms with E-state index in [0.717, 1.165) is 16.1 Å². The van der Waals surface area contributed by atoms with Crippen LogP contribution in [0.3, 0.4) is 0 Å². The second-order valence-corrected chi connectivity index (χ2v) is 5.75. The highest BCUT2D eigenvalue weighted by molar-refractivity contribution is 7.18. The van der Waals surface area contributed by atoms with Crippen LogP contribution in [0.1, 0.15) is 5.56 Å². The molecule has 0 radical (unpaired) electrons. The minimum absolute atomic E-state index is 0.234. The fourth-order valence-corrected chi connectivity index (χ4v) is 2.89. The molecular formula is C17H14N2OS. The number of nitrogens with one attached hydrogen (secondary N) is 1. The molecule has 0 atom stereocenters. The SMILES string of the molecule is Cc1ccc(Nc2nc(=O)cc(-c3ccccc3)s2)cc1. The maximum Gasteiger partial charge on any atom is 0.273 e. The molecule has 0 aliphatic heterocycles. The van der Waals surface area contributed by atoms with Gasteiger partial charge in [0.1, 0.15) is 0 Å². The lowest BCUT2D eigenvalue weighted by Crippen LogP contribution is -2.06. The zero-order chi connectivity index (χ0) is 14.7. The van der Waals surface area contributed by atoms with Gasteiger partial charge in [-0.05, 0) is 24.6 Å². The molecule has 0 aliphatic carbocycles. The van der Waals surface area contributed by atoms with Crippen molar-refractivity contribution in [3.63, 3.8) is 0 Å². The highest BCUT2D eigenvalue weighted by Gasteiger charge is 2.04. The summed E-state index contributed by atoms with van der Waals surface area (Å²) in [6.45, 7) is 2.04. The number of aryl methyl sites for hydroxylation is 1. The van der Waals surface area contributed by atoms with Crippen molar-refractivity contribution in [2.45, 2.75) is 6.92 Å². The van der Waals surface area contributed by atoms with Gasteiger partial charge in [0.05, 0.1) is 0 Å². The lowest BCUT2D eigenvalue weighted by atomic mass is 10.2. The van der Waals surface area contributed by atoms with Crippen molar-refractivity contribution in [2.75, 3.05) is 5.32 Å². The molecule has 3 nitrogen and oxygen atoms in total. The zero-order valence-electron chi connectivity index (χ0n) is 11.5. The molecule has 104 valence electrons. The van der Waals surface area contributed by atoms with E-state index in [0.29, 0.717) is 5.13 Å². The van der Waals surface area contributed by atoms with Crippen LogP contribution >= 0.6 is 11.3 Å². The van der Waals surface area contributed by atoms with Gasteiger partial charge in [0.2, 0.25) is 0 Å². The van der Waals surface area contributed by atoms with Crippen molar-refractivity contribution in [1.29, 1.82) is 0 Å². The van der Waals surface area contributed by atoms with E-state index in [-0.39, 0.29) is 5.56 Å². The number of rotatable bonds is 3. The molecular weight excluding hydrogens is 280 g/mol. The molecule has 0 aliphatic rings. The fraction of sp³-hybridized carbons (Fsp3) is 0.0588. The van der Waals surface area contributed by atoms with Crippen molar-refractivity contribution < 1.29 is 0 Å². The average molecular weight is 294 g/mol. The first-order valence-corrected chi connectivity index (χ1v) is 7.44. The van der Waals surface area contributed by atoms with Crippen molar-refractivity contribution in [2.24, 2.45) is 0 Å². The molecule has 0 fully saturated rings. The summed E-state index contributed by atoms with van der Waals surface area (Å²) in [5.41, 5.74) is 2.91. The monoisotopic (exact) mass is 294 g/mol. The quantitative estimate of drug-likeness (QED) is 0.786. The van der Waals surface area contributed by atoms with Gasteiger partial charge in [-0.15, -0.1) is 0 Å². The summed E-state index contributed by atoms with van der Waals surface area (Å²) >= 11 is 1.47. The Labute approximate surface area is 126 Å². The number of hydrogen-bond acceptors (Lipinski definition) is 4. The van der Waals surface area contributed by atoms with Crippen LogP contribution in [0.4, 0.5) is 10.8 Å². The predicted molar refractivity (Wildman–Crippen MR) is 88.3 cm³/mol. The molecule has 2 aromatic carbocycles. The summed E-state index contributed by atoms with van der Waals surface area (Å²) in [6, 6.07) is 19.4. The fourth-order valence-electron chi connectivity index (χ4n) is 1.96. The standard InChI is InChI=1S/C17H14N2OS/c1-12-7-9-14(10-8-12)18-17-19-16(20)11-15(21-17)13-5-3-2-4-6-13/h2-11H,1H3,(H,18,19,20). The number of anilines is 2. The molecule has 0 bridgehead atoms. The highest BCUT2D eigenvalue weighted by Crippen LogP contribution is 2.27. The zero-order valence-corrected chi connectivity index (χ0v) is 12.4. The van der Waals surface area contributed by atoms with E-state index in [1.165, 1.54) is 16.9 Å². The number of aromatic nitrogens is 1. The summed E-state index contributed by atoms with van der Waals surface area (Å²) in [5.74, 6) is 0. The Bertz CT molecular complexity index is 795. The Hall–Kier alpha value is -2.46. The molecule has 1 heterocycles. The molecule has 0 spiro atoms. The molecule has 3 rings (SSSR count). The van der Waals surface area contributed by atoms with E-state index in [2.05, 4.69) is 10.3 Å².